The zero-order chi connectivity index (χ0) is 23.9. The summed E-state index contributed by atoms with van der Waals surface area (Å²) in [6.45, 7) is 2.03. The molecule has 0 aliphatic carbocycles. The van der Waals surface area contributed by atoms with Gasteiger partial charge in [0.2, 0.25) is 0 Å². The van der Waals surface area contributed by atoms with E-state index in [2.05, 4.69) is 24.3 Å². The minimum Gasteiger partial charge on any atom is -0.408 e. The van der Waals surface area contributed by atoms with Gasteiger partial charge in [-0.05, 0) is 47.9 Å². The van der Waals surface area contributed by atoms with Crippen LogP contribution in [0.3, 0.4) is 0 Å². The van der Waals surface area contributed by atoms with E-state index >= 15 is 0 Å². The van der Waals surface area contributed by atoms with Crippen molar-refractivity contribution in [2.45, 2.75) is 6.92 Å². The lowest BCUT2D eigenvalue weighted by Gasteiger charge is -2.21. The van der Waals surface area contributed by atoms with Crippen molar-refractivity contribution in [3.63, 3.8) is 0 Å². The van der Waals surface area contributed by atoms with E-state index in [1.165, 1.54) is 0 Å². The molecular weight excluding hydrogens is 451 g/mol. The Morgan fingerprint density at radius 3 is 1.46 bits per heavy atom. The van der Waals surface area contributed by atoms with Gasteiger partial charge in [-0.1, -0.05) is 109 Å². The molecule has 5 aromatic carbocycles. The Balaban J connectivity index is 1.50. The number of rotatable bonds is 8. The third-order valence-electron chi connectivity index (χ3n) is 5.46. The maximum atomic E-state index is 6.46. The zero-order valence-electron chi connectivity index (χ0n) is 19.4. The molecule has 0 radical (unpaired) electrons. The summed E-state index contributed by atoms with van der Waals surface area (Å²) in [7, 11) is -1.82. The van der Waals surface area contributed by atoms with Crippen LogP contribution < -0.4 is 13.6 Å². The topological polar surface area (TPSA) is 27.7 Å². The van der Waals surface area contributed by atoms with Crippen LogP contribution in [0.15, 0.2) is 133 Å². The predicted octanol–water partition coefficient (Wildman–Crippen LogP) is 9.09. The second-order valence-corrected chi connectivity index (χ2v) is 9.03. The van der Waals surface area contributed by atoms with E-state index in [1.807, 2.05) is 116 Å². The van der Waals surface area contributed by atoms with E-state index in [9.17, 15) is 0 Å². The SMILES string of the molecule is Cc1cccc(OP(Oc2ccccc2-c2ccccc2)Oc2ccccc2-c2ccccc2)c1. The molecule has 0 aliphatic heterocycles. The van der Waals surface area contributed by atoms with Gasteiger partial charge in [-0.25, -0.2) is 0 Å². The standard InChI is InChI=1S/C31H25O3P/c1-24-13-12-18-27(23-24)32-35(33-30-21-10-8-19-28(30)25-14-4-2-5-15-25)34-31-22-11-9-20-29(31)26-16-6-3-7-17-26/h2-23H,1H3. The first kappa shape index (κ1) is 22.7. The third-order valence-corrected chi connectivity index (χ3v) is 6.51. The Morgan fingerprint density at radius 1 is 0.457 bits per heavy atom. The average molecular weight is 477 g/mol. The number of aryl methyl sites for hydroxylation is 1. The second kappa shape index (κ2) is 10.9. The molecule has 0 heterocycles. The highest BCUT2D eigenvalue weighted by Crippen LogP contribution is 2.47. The highest BCUT2D eigenvalue weighted by atomic mass is 31.2. The molecule has 0 spiro atoms. The summed E-state index contributed by atoms with van der Waals surface area (Å²) in [5, 5.41) is 0. The monoisotopic (exact) mass is 476 g/mol. The number of hydrogen-bond acceptors (Lipinski definition) is 3. The Labute approximate surface area is 207 Å². The average Bonchev–Trinajstić information content (AvgIpc) is 2.90. The summed E-state index contributed by atoms with van der Waals surface area (Å²) >= 11 is 0. The molecule has 0 amide bonds. The van der Waals surface area contributed by atoms with Gasteiger partial charge in [0.25, 0.3) is 0 Å². The highest BCUT2D eigenvalue weighted by Gasteiger charge is 2.23. The number of hydrogen-bond donors (Lipinski definition) is 0. The van der Waals surface area contributed by atoms with E-state index in [1.54, 1.807) is 0 Å². The van der Waals surface area contributed by atoms with E-state index in [0.29, 0.717) is 17.2 Å². The molecule has 0 saturated carbocycles. The summed E-state index contributed by atoms with van der Waals surface area (Å²) in [5.74, 6) is 2.11. The molecule has 4 heteroatoms. The molecule has 0 atom stereocenters. The van der Waals surface area contributed by atoms with Crippen molar-refractivity contribution < 1.29 is 13.6 Å². The molecule has 0 aliphatic rings. The van der Waals surface area contributed by atoms with Crippen molar-refractivity contribution in [3.8, 4) is 39.5 Å². The largest absolute Gasteiger partial charge is 0.530 e. The highest BCUT2D eigenvalue weighted by molar-refractivity contribution is 7.43. The molecule has 0 saturated heterocycles. The van der Waals surface area contributed by atoms with E-state index in [4.69, 9.17) is 13.6 Å². The fraction of sp³-hybridized carbons (Fsp3) is 0.0323. The normalized spacial score (nSPS) is 10.7. The van der Waals surface area contributed by atoms with Crippen LogP contribution in [0.25, 0.3) is 22.3 Å². The summed E-state index contributed by atoms with van der Waals surface area (Å²) in [6.07, 6.45) is 0. The van der Waals surface area contributed by atoms with Gasteiger partial charge in [0, 0.05) is 11.1 Å². The predicted molar refractivity (Wildman–Crippen MR) is 144 cm³/mol. The molecule has 0 N–H and O–H groups in total. The van der Waals surface area contributed by atoms with Gasteiger partial charge in [-0.2, -0.15) is 0 Å². The number of benzene rings is 5. The van der Waals surface area contributed by atoms with Crippen LogP contribution in [-0.4, -0.2) is 0 Å². The van der Waals surface area contributed by atoms with Gasteiger partial charge in [0.1, 0.15) is 17.2 Å². The van der Waals surface area contributed by atoms with Crippen LogP contribution in [-0.2, 0) is 0 Å². The van der Waals surface area contributed by atoms with Crippen molar-refractivity contribution >= 4 is 8.60 Å². The van der Waals surface area contributed by atoms with Crippen LogP contribution in [0.1, 0.15) is 5.56 Å². The van der Waals surface area contributed by atoms with Crippen LogP contribution in [0.2, 0.25) is 0 Å². The second-order valence-electron chi connectivity index (χ2n) is 8.04. The van der Waals surface area contributed by atoms with Gasteiger partial charge >= 0.3 is 8.60 Å². The minimum absolute atomic E-state index is 0.700. The summed E-state index contributed by atoms with van der Waals surface area (Å²) < 4.78 is 19.2. The maximum absolute atomic E-state index is 6.46. The van der Waals surface area contributed by atoms with Crippen LogP contribution >= 0.6 is 8.60 Å². The quantitative estimate of drug-likeness (QED) is 0.209. The summed E-state index contributed by atoms with van der Waals surface area (Å²) in [6, 6.07) is 44.2. The molecule has 172 valence electrons. The fourth-order valence-electron chi connectivity index (χ4n) is 3.78. The summed E-state index contributed by atoms with van der Waals surface area (Å²) in [5.41, 5.74) is 5.20. The maximum Gasteiger partial charge on any atom is 0.530 e. The molecular formula is C31H25O3P. The smallest absolute Gasteiger partial charge is 0.408 e. The first-order valence-electron chi connectivity index (χ1n) is 11.5. The Bertz CT molecular complexity index is 1300. The van der Waals surface area contributed by atoms with Crippen LogP contribution in [0.4, 0.5) is 0 Å². The first-order chi connectivity index (χ1) is 17.3. The third kappa shape index (κ3) is 5.71. The fourth-order valence-corrected chi connectivity index (χ4v) is 4.82. The van der Waals surface area contributed by atoms with Gasteiger partial charge in [-0.15, -0.1) is 0 Å². The van der Waals surface area contributed by atoms with E-state index < -0.39 is 8.60 Å². The molecule has 0 fully saturated rings. The van der Waals surface area contributed by atoms with Crippen molar-refractivity contribution in [2.75, 3.05) is 0 Å². The van der Waals surface area contributed by atoms with Crippen LogP contribution in [0, 0.1) is 6.92 Å². The zero-order valence-corrected chi connectivity index (χ0v) is 20.3. The van der Waals surface area contributed by atoms with E-state index in [0.717, 1.165) is 27.8 Å². The molecule has 0 bridgehead atoms. The summed E-state index contributed by atoms with van der Waals surface area (Å²) in [4.78, 5) is 0. The van der Waals surface area contributed by atoms with Gasteiger partial charge < -0.3 is 13.6 Å². The lowest BCUT2D eigenvalue weighted by molar-refractivity contribution is 0.389. The van der Waals surface area contributed by atoms with E-state index in [-0.39, 0.29) is 0 Å². The number of para-hydroxylation sites is 2. The lowest BCUT2D eigenvalue weighted by atomic mass is 10.1. The molecule has 0 aromatic heterocycles. The Hall–Kier alpha value is -4.07. The van der Waals surface area contributed by atoms with Crippen LogP contribution in [0.5, 0.6) is 17.2 Å². The minimum atomic E-state index is -1.82. The molecule has 0 unspecified atom stereocenters. The van der Waals surface area contributed by atoms with Gasteiger partial charge in [0.15, 0.2) is 0 Å². The van der Waals surface area contributed by atoms with Crippen molar-refractivity contribution in [3.05, 3.63) is 139 Å². The molecule has 3 nitrogen and oxygen atoms in total. The molecule has 5 rings (SSSR count). The van der Waals surface area contributed by atoms with Gasteiger partial charge in [0.05, 0.1) is 0 Å². The Morgan fingerprint density at radius 2 is 0.943 bits per heavy atom. The van der Waals surface area contributed by atoms with Crippen molar-refractivity contribution in [2.24, 2.45) is 0 Å². The van der Waals surface area contributed by atoms with Gasteiger partial charge in [-0.3, -0.25) is 0 Å². The van der Waals surface area contributed by atoms with Crippen molar-refractivity contribution in [1.82, 2.24) is 0 Å². The van der Waals surface area contributed by atoms with Crippen molar-refractivity contribution in [1.29, 1.82) is 0 Å². The lowest BCUT2D eigenvalue weighted by Crippen LogP contribution is -2.04. The molecule has 35 heavy (non-hydrogen) atoms. The molecule has 5 aromatic rings. The Kier molecular flexibility index (Phi) is 7.07. The first-order valence-corrected chi connectivity index (χ1v) is 12.6.